The Kier molecular flexibility index (Phi) is 7.15. The Morgan fingerprint density at radius 2 is 1.64 bits per heavy atom. The summed E-state index contributed by atoms with van der Waals surface area (Å²) in [4.78, 5) is -0.175. The number of hydrogen-bond acceptors (Lipinski definition) is 5. The van der Waals surface area contributed by atoms with Crippen LogP contribution < -0.4 is 4.74 Å². The maximum absolute atomic E-state index is 10.9. The third-order valence-electron chi connectivity index (χ3n) is 3.27. The van der Waals surface area contributed by atoms with Crippen LogP contribution in [0.3, 0.4) is 0 Å². The molecule has 2 aromatic rings. The van der Waals surface area contributed by atoms with Gasteiger partial charge in [0.2, 0.25) is 0 Å². The van der Waals surface area contributed by atoms with Gasteiger partial charge in [0, 0.05) is 0 Å². The van der Waals surface area contributed by atoms with E-state index >= 15 is 0 Å². The Labute approximate surface area is 147 Å². The highest BCUT2D eigenvalue weighted by molar-refractivity contribution is 7.85. The summed E-state index contributed by atoms with van der Waals surface area (Å²) in [6.07, 6.45) is 1.78. The van der Waals surface area contributed by atoms with Crippen LogP contribution in [-0.2, 0) is 26.2 Å². The average Bonchev–Trinajstić information content (AvgIpc) is 2.61. The minimum Gasteiger partial charge on any atom is -0.491 e. The van der Waals surface area contributed by atoms with Gasteiger partial charge in [-0.1, -0.05) is 36.9 Å². The molecule has 6 nitrogen and oxygen atoms in total. The van der Waals surface area contributed by atoms with E-state index in [0.717, 1.165) is 11.1 Å². The van der Waals surface area contributed by atoms with E-state index in [9.17, 15) is 8.42 Å². The molecule has 0 amide bonds. The zero-order valence-corrected chi connectivity index (χ0v) is 14.4. The van der Waals surface area contributed by atoms with E-state index in [2.05, 4.69) is 6.58 Å². The van der Waals surface area contributed by atoms with Crippen LogP contribution in [0.15, 0.2) is 60.0 Å². The fourth-order valence-corrected chi connectivity index (χ4v) is 2.43. The van der Waals surface area contributed by atoms with E-state index < -0.39 is 10.1 Å². The van der Waals surface area contributed by atoms with Crippen molar-refractivity contribution in [2.45, 2.75) is 11.5 Å². The minimum absolute atomic E-state index is 0.147. The third-order valence-corrected chi connectivity index (χ3v) is 4.14. The predicted molar refractivity (Wildman–Crippen MR) is 93.9 cm³/mol. The van der Waals surface area contributed by atoms with E-state index in [4.69, 9.17) is 18.8 Å². The predicted octanol–water partition coefficient (Wildman–Crippen LogP) is 3.15. The molecule has 7 heteroatoms. The normalized spacial score (nSPS) is 11.2. The van der Waals surface area contributed by atoms with Gasteiger partial charge in [-0.3, -0.25) is 4.55 Å². The molecule has 0 unspecified atom stereocenters. The van der Waals surface area contributed by atoms with Crippen molar-refractivity contribution >= 4 is 16.2 Å². The molecule has 0 aliphatic heterocycles. The summed E-state index contributed by atoms with van der Waals surface area (Å²) in [5.74, 6) is 0.485. The van der Waals surface area contributed by atoms with Crippen LogP contribution in [0, 0.1) is 0 Å². The van der Waals surface area contributed by atoms with Gasteiger partial charge in [0.25, 0.3) is 10.1 Å². The molecule has 0 aromatic heterocycles. The second-order valence-electron chi connectivity index (χ2n) is 5.12. The fraction of sp³-hybridized carbons (Fsp3) is 0.222. The maximum Gasteiger partial charge on any atom is 0.294 e. The second-order valence-corrected chi connectivity index (χ2v) is 6.54. The van der Waals surface area contributed by atoms with Crippen molar-refractivity contribution in [3.63, 3.8) is 0 Å². The van der Waals surface area contributed by atoms with E-state index in [0.29, 0.717) is 25.6 Å². The molecule has 0 atom stereocenters. The fourth-order valence-electron chi connectivity index (χ4n) is 1.95. The van der Waals surface area contributed by atoms with Gasteiger partial charge in [0.1, 0.15) is 19.1 Å². The van der Waals surface area contributed by atoms with Gasteiger partial charge >= 0.3 is 0 Å². The lowest BCUT2D eigenvalue weighted by Crippen LogP contribution is -2.09. The minimum atomic E-state index is -4.18. The first-order valence-electron chi connectivity index (χ1n) is 7.56. The van der Waals surface area contributed by atoms with Crippen LogP contribution in [0.25, 0.3) is 6.08 Å². The van der Waals surface area contributed by atoms with E-state index in [1.54, 1.807) is 6.08 Å². The van der Waals surface area contributed by atoms with Crippen molar-refractivity contribution in [2.24, 2.45) is 0 Å². The molecular weight excluding hydrogens is 344 g/mol. The van der Waals surface area contributed by atoms with Crippen LogP contribution in [0.2, 0.25) is 0 Å². The van der Waals surface area contributed by atoms with Crippen molar-refractivity contribution in [3.8, 4) is 5.75 Å². The van der Waals surface area contributed by atoms with E-state index in [1.165, 1.54) is 24.3 Å². The molecule has 134 valence electrons. The van der Waals surface area contributed by atoms with Crippen molar-refractivity contribution in [3.05, 3.63) is 66.2 Å². The molecular formula is C18H20O6S. The summed E-state index contributed by atoms with van der Waals surface area (Å²) in [6, 6.07) is 13.3. The largest absolute Gasteiger partial charge is 0.491 e. The molecule has 2 aromatic carbocycles. The van der Waals surface area contributed by atoms with E-state index in [1.807, 2.05) is 24.3 Å². The summed E-state index contributed by atoms with van der Waals surface area (Å²) < 4.78 is 46.8. The molecule has 0 radical (unpaired) electrons. The maximum atomic E-state index is 10.9. The molecule has 2 rings (SSSR count). The molecule has 0 saturated heterocycles. The Morgan fingerprint density at radius 1 is 0.960 bits per heavy atom. The molecule has 0 fully saturated rings. The molecule has 0 spiro atoms. The Balaban J connectivity index is 1.59. The van der Waals surface area contributed by atoms with Gasteiger partial charge in [-0.2, -0.15) is 8.42 Å². The lowest BCUT2D eigenvalue weighted by Gasteiger charge is -2.08. The Hall–Kier alpha value is -2.19. The molecule has 0 aliphatic carbocycles. The zero-order chi connectivity index (χ0) is 18.1. The number of benzene rings is 2. The van der Waals surface area contributed by atoms with Crippen LogP contribution in [0.1, 0.15) is 11.1 Å². The summed E-state index contributed by atoms with van der Waals surface area (Å²) in [7, 11) is -4.18. The molecule has 25 heavy (non-hydrogen) atoms. The van der Waals surface area contributed by atoms with Crippen molar-refractivity contribution in [1.82, 2.24) is 0 Å². The summed E-state index contributed by atoms with van der Waals surface area (Å²) in [5, 5.41) is 0. The second kappa shape index (κ2) is 9.33. The first-order valence-corrected chi connectivity index (χ1v) is 9.00. The quantitative estimate of drug-likeness (QED) is 0.396. The SMILES string of the molecule is C=Cc1ccc(COCOCCOc2ccc(S(=O)(=O)O)cc2)cc1. The highest BCUT2D eigenvalue weighted by Gasteiger charge is 2.08. The Bertz CT molecular complexity index is 766. The smallest absolute Gasteiger partial charge is 0.294 e. The third kappa shape index (κ3) is 6.67. The summed E-state index contributed by atoms with van der Waals surface area (Å²) in [6.45, 7) is 4.92. The van der Waals surface area contributed by atoms with Gasteiger partial charge in [0.15, 0.2) is 0 Å². The number of rotatable bonds is 10. The molecule has 0 saturated carbocycles. The standard InChI is InChI=1S/C18H20O6S/c1-2-15-3-5-16(6-4-15)13-23-14-22-11-12-24-17-7-9-18(10-8-17)25(19,20)21/h2-10H,1,11-14H2,(H,19,20,21). The highest BCUT2D eigenvalue weighted by Crippen LogP contribution is 2.15. The highest BCUT2D eigenvalue weighted by atomic mass is 32.2. The van der Waals surface area contributed by atoms with Gasteiger partial charge < -0.3 is 14.2 Å². The molecule has 0 heterocycles. The van der Waals surface area contributed by atoms with E-state index in [-0.39, 0.29) is 11.7 Å². The van der Waals surface area contributed by atoms with Crippen LogP contribution in [0.5, 0.6) is 5.75 Å². The first kappa shape index (κ1) is 19.1. The zero-order valence-electron chi connectivity index (χ0n) is 13.6. The molecule has 1 N–H and O–H groups in total. The summed E-state index contributed by atoms with van der Waals surface area (Å²) >= 11 is 0. The van der Waals surface area contributed by atoms with Gasteiger partial charge in [0.05, 0.1) is 18.1 Å². The lowest BCUT2D eigenvalue weighted by molar-refractivity contribution is -0.0675. The topological polar surface area (TPSA) is 82.1 Å². The van der Waals surface area contributed by atoms with Gasteiger partial charge in [-0.25, -0.2) is 0 Å². The van der Waals surface area contributed by atoms with Crippen molar-refractivity contribution in [2.75, 3.05) is 20.0 Å². The molecule has 0 bridgehead atoms. The van der Waals surface area contributed by atoms with Crippen molar-refractivity contribution in [1.29, 1.82) is 0 Å². The number of hydrogen-bond donors (Lipinski definition) is 1. The van der Waals surface area contributed by atoms with Crippen LogP contribution in [0.4, 0.5) is 0 Å². The molecule has 0 aliphatic rings. The average molecular weight is 364 g/mol. The number of ether oxygens (including phenoxy) is 3. The van der Waals surface area contributed by atoms with Crippen molar-refractivity contribution < 1.29 is 27.2 Å². The van der Waals surface area contributed by atoms with Gasteiger partial charge in [-0.05, 0) is 35.4 Å². The Morgan fingerprint density at radius 3 is 2.24 bits per heavy atom. The van der Waals surface area contributed by atoms with Gasteiger partial charge in [-0.15, -0.1) is 0 Å². The lowest BCUT2D eigenvalue weighted by atomic mass is 10.1. The first-order chi connectivity index (χ1) is 12.0. The van der Waals surface area contributed by atoms with Crippen LogP contribution >= 0.6 is 0 Å². The van der Waals surface area contributed by atoms with Crippen LogP contribution in [-0.4, -0.2) is 33.0 Å². The monoisotopic (exact) mass is 364 g/mol. The summed E-state index contributed by atoms with van der Waals surface area (Å²) in [5.41, 5.74) is 2.10.